The van der Waals surface area contributed by atoms with Crippen molar-refractivity contribution in [3.8, 4) is 6.07 Å². The predicted molar refractivity (Wildman–Crippen MR) is 143 cm³/mol. The number of halogens is 1. The lowest BCUT2D eigenvalue weighted by Gasteiger charge is -2.27. The van der Waals surface area contributed by atoms with Gasteiger partial charge in [-0.3, -0.25) is 9.59 Å². The molecule has 5 rings (SSSR count). The van der Waals surface area contributed by atoms with Crippen LogP contribution in [0.25, 0.3) is 0 Å². The molecule has 8 heteroatoms. The Hall–Kier alpha value is -2.59. The van der Waals surface area contributed by atoms with Gasteiger partial charge in [0.05, 0.1) is 18.0 Å². The number of carbonyl (C=O) groups excluding carboxylic acids is 3. The van der Waals surface area contributed by atoms with E-state index in [4.69, 9.17) is 16.3 Å². The van der Waals surface area contributed by atoms with E-state index in [2.05, 4.69) is 16.7 Å². The first-order valence-electron chi connectivity index (χ1n) is 14.2. The number of nitrogens with zero attached hydrogens (tertiary/aromatic N) is 1. The van der Waals surface area contributed by atoms with Crippen molar-refractivity contribution in [1.82, 2.24) is 10.6 Å². The Morgan fingerprint density at radius 2 is 1.92 bits per heavy atom. The molecule has 1 aromatic carbocycles. The topological polar surface area (TPSA) is 108 Å². The number of hydrogen-bond acceptors (Lipinski definition) is 5. The minimum atomic E-state index is -0.685. The first-order chi connectivity index (χ1) is 18.3. The van der Waals surface area contributed by atoms with Gasteiger partial charge in [0.2, 0.25) is 5.91 Å². The lowest BCUT2D eigenvalue weighted by atomic mass is 9.82. The molecule has 0 radical (unpaired) electrons. The average molecular weight is 540 g/mol. The maximum atomic E-state index is 13.5. The van der Waals surface area contributed by atoms with E-state index in [1.165, 1.54) is 6.42 Å². The summed E-state index contributed by atoms with van der Waals surface area (Å²) >= 11 is 6.17. The van der Waals surface area contributed by atoms with Gasteiger partial charge >= 0.3 is 6.09 Å². The molecule has 204 valence electrons. The second-order valence-electron chi connectivity index (χ2n) is 12.2. The highest BCUT2D eigenvalue weighted by Gasteiger charge is 2.52. The zero-order valence-electron chi connectivity index (χ0n) is 22.0. The number of carbonyl (C=O) groups is 3. The molecule has 1 aliphatic heterocycles. The van der Waals surface area contributed by atoms with Gasteiger partial charge in [0.25, 0.3) is 0 Å². The molecule has 2 N–H and O–H groups in total. The van der Waals surface area contributed by atoms with Gasteiger partial charge < -0.3 is 15.4 Å². The molecule has 0 aromatic heterocycles. The van der Waals surface area contributed by atoms with Crippen molar-refractivity contribution < 1.29 is 19.1 Å². The summed E-state index contributed by atoms with van der Waals surface area (Å²) in [5.74, 6) is -0.531. The number of amides is 2. The van der Waals surface area contributed by atoms with Crippen molar-refractivity contribution in [2.75, 3.05) is 6.61 Å². The lowest BCUT2D eigenvalue weighted by molar-refractivity contribution is -0.124. The monoisotopic (exact) mass is 539 g/mol. The van der Waals surface area contributed by atoms with Crippen molar-refractivity contribution in [3.63, 3.8) is 0 Å². The highest BCUT2D eigenvalue weighted by molar-refractivity contribution is 6.30. The van der Waals surface area contributed by atoms with Crippen molar-refractivity contribution >= 4 is 29.4 Å². The fraction of sp³-hybridized carbons (Fsp3) is 0.667. The quantitative estimate of drug-likeness (QED) is 0.381. The molecular weight excluding hydrogens is 502 g/mol. The summed E-state index contributed by atoms with van der Waals surface area (Å²) in [6.45, 7) is 0.239. The van der Waals surface area contributed by atoms with Crippen molar-refractivity contribution in [3.05, 3.63) is 34.9 Å². The number of benzene rings is 1. The zero-order valence-corrected chi connectivity index (χ0v) is 22.7. The number of Topliss-reactive ketones (excluding diaryl/α,β-unsaturated/α-hetero) is 1. The summed E-state index contributed by atoms with van der Waals surface area (Å²) in [6, 6.07) is 9.23. The molecule has 2 amide bonds. The van der Waals surface area contributed by atoms with E-state index >= 15 is 0 Å². The fourth-order valence-electron chi connectivity index (χ4n) is 6.46. The smallest absolute Gasteiger partial charge is 0.407 e. The highest BCUT2D eigenvalue weighted by atomic mass is 35.5. The third-order valence-corrected chi connectivity index (χ3v) is 9.43. The standard InChI is InChI=1S/C30H38ClN3O4/c31-24-8-4-7-23(16-24)29(9-10-29)19-38-28(37)33-25(14-20-5-2-1-3-6-20)26(35)15-21(18-32)13-22-17-30(11-12-30)34-27(22)36/h4,7-8,16,20-22,25H,1-3,5-6,9-15,17,19H2,(H,33,37)(H,34,36)/t21-,22?,25+/m1/s1. The normalized spacial score (nSPS) is 24.6. The molecule has 1 aromatic rings. The van der Waals surface area contributed by atoms with Crippen LogP contribution in [0.4, 0.5) is 4.79 Å². The average Bonchev–Trinajstić information content (AvgIpc) is 3.83. The summed E-state index contributed by atoms with van der Waals surface area (Å²) < 4.78 is 5.65. The number of rotatable bonds is 11. The molecule has 1 spiro atoms. The zero-order chi connectivity index (χ0) is 26.8. The molecular formula is C30H38ClN3O4. The van der Waals surface area contributed by atoms with E-state index in [0.717, 1.165) is 63.4 Å². The number of alkyl carbamates (subject to hydrolysis) is 1. The molecule has 1 saturated heterocycles. The molecule has 38 heavy (non-hydrogen) atoms. The van der Waals surface area contributed by atoms with Crippen LogP contribution in [-0.2, 0) is 19.7 Å². The summed E-state index contributed by atoms with van der Waals surface area (Å²) in [7, 11) is 0. The first kappa shape index (κ1) is 27.0. The Morgan fingerprint density at radius 1 is 1.16 bits per heavy atom. The van der Waals surface area contributed by atoms with Crippen LogP contribution in [0.3, 0.4) is 0 Å². The number of nitriles is 1. The van der Waals surface area contributed by atoms with Crippen molar-refractivity contribution in [2.45, 2.75) is 100 Å². The van der Waals surface area contributed by atoms with E-state index < -0.39 is 18.1 Å². The Labute approximate surface area is 230 Å². The van der Waals surface area contributed by atoms with Gasteiger partial charge in [-0.05, 0) is 68.6 Å². The van der Waals surface area contributed by atoms with Gasteiger partial charge in [-0.15, -0.1) is 0 Å². The Kier molecular flexibility index (Phi) is 8.00. The minimum absolute atomic E-state index is 0.00404. The van der Waals surface area contributed by atoms with Gasteiger partial charge in [0.1, 0.15) is 6.61 Å². The van der Waals surface area contributed by atoms with Crippen LogP contribution < -0.4 is 10.6 Å². The Bertz CT molecular complexity index is 1100. The highest BCUT2D eigenvalue weighted by Crippen LogP contribution is 2.49. The maximum absolute atomic E-state index is 13.5. The molecule has 0 bridgehead atoms. The lowest BCUT2D eigenvalue weighted by Crippen LogP contribution is -2.43. The van der Waals surface area contributed by atoms with Gasteiger partial charge in [-0.25, -0.2) is 4.79 Å². The molecule has 3 atom stereocenters. The van der Waals surface area contributed by atoms with Crippen LogP contribution in [0.5, 0.6) is 0 Å². The third kappa shape index (κ3) is 6.51. The first-order valence-corrected chi connectivity index (χ1v) is 14.6. The van der Waals surface area contributed by atoms with Gasteiger partial charge in [-0.1, -0.05) is 55.8 Å². The van der Waals surface area contributed by atoms with Crippen LogP contribution in [-0.4, -0.2) is 36.0 Å². The molecule has 1 heterocycles. The van der Waals surface area contributed by atoms with E-state index in [0.29, 0.717) is 23.8 Å². The number of ketones is 1. The summed E-state index contributed by atoms with van der Waals surface area (Å²) in [5, 5.41) is 16.4. The second-order valence-corrected chi connectivity index (χ2v) is 12.6. The Balaban J connectivity index is 1.18. The fourth-order valence-corrected chi connectivity index (χ4v) is 6.65. The van der Waals surface area contributed by atoms with Gasteiger partial charge in [0.15, 0.2) is 5.78 Å². The van der Waals surface area contributed by atoms with Crippen molar-refractivity contribution in [1.29, 1.82) is 5.26 Å². The minimum Gasteiger partial charge on any atom is -0.449 e. The van der Waals surface area contributed by atoms with Crippen LogP contribution in [0.15, 0.2) is 24.3 Å². The van der Waals surface area contributed by atoms with E-state index in [1.54, 1.807) is 0 Å². The number of nitrogens with one attached hydrogen (secondary N) is 2. The summed E-state index contributed by atoms with van der Waals surface area (Å²) in [4.78, 5) is 38.8. The van der Waals surface area contributed by atoms with Crippen LogP contribution in [0.1, 0.15) is 89.0 Å². The molecule has 3 saturated carbocycles. The molecule has 7 nitrogen and oxygen atoms in total. The Morgan fingerprint density at radius 3 is 2.55 bits per heavy atom. The van der Waals surface area contributed by atoms with E-state index in [1.807, 2.05) is 24.3 Å². The largest absolute Gasteiger partial charge is 0.449 e. The molecule has 4 aliphatic rings. The summed E-state index contributed by atoms with van der Waals surface area (Å²) in [6.07, 6.45) is 10.6. The number of hydrogen-bond donors (Lipinski definition) is 2. The van der Waals surface area contributed by atoms with Crippen molar-refractivity contribution in [2.24, 2.45) is 17.8 Å². The van der Waals surface area contributed by atoms with Crippen LogP contribution >= 0.6 is 11.6 Å². The molecule has 1 unspecified atom stereocenters. The predicted octanol–water partition coefficient (Wildman–Crippen LogP) is 5.59. The second kappa shape index (κ2) is 11.3. The van der Waals surface area contributed by atoms with Gasteiger partial charge in [-0.2, -0.15) is 5.26 Å². The molecule has 4 fully saturated rings. The number of ether oxygens (including phenoxy) is 1. The summed E-state index contributed by atoms with van der Waals surface area (Å²) in [5.41, 5.74) is 0.802. The van der Waals surface area contributed by atoms with E-state index in [9.17, 15) is 19.6 Å². The SMILES string of the molecule is N#C[C@@H](CC(=O)[C@H](CC1CCCCC1)NC(=O)OCC1(c2cccc(Cl)c2)CC1)CC1CC2(CC2)NC1=O. The van der Waals surface area contributed by atoms with Crippen LogP contribution in [0.2, 0.25) is 5.02 Å². The van der Waals surface area contributed by atoms with Gasteiger partial charge in [0, 0.05) is 28.3 Å². The molecule has 3 aliphatic carbocycles. The van der Waals surface area contributed by atoms with E-state index in [-0.39, 0.29) is 41.6 Å². The third-order valence-electron chi connectivity index (χ3n) is 9.19. The maximum Gasteiger partial charge on any atom is 0.407 e. The van der Waals surface area contributed by atoms with Crippen LogP contribution in [0, 0.1) is 29.1 Å².